The molecule has 0 fully saturated rings. The van der Waals surface area contributed by atoms with Gasteiger partial charge in [0.15, 0.2) is 17.5 Å². The number of rotatable bonds is 5. The van der Waals surface area contributed by atoms with Gasteiger partial charge in [-0.3, -0.25) is 0 Å². The zero-order valence-corrected chi connectivity index (χ0v) is 29.1. The first-order valence-corrected chi connectivity index (χ1v) is 18.2. The normalized spacial score (nSPS) is 11.7. The summed E-state index contributed by atoms with van der Waals surface area (Å²) in [5.74, 6) is 1.93. The van der Waals surface area contributed by atoms with Crippen LogP contribution < -0.4 is 0 Å². The number of nitrogens with zero attached hydrogens (tertiary/aromatic N) is 5. The summed E-state index contributed by atoms with van der Waals surface area (Å²) in [4.78, 5) is 14.9. The van der Waals surface area contributed by atoms with Crippen molar-refractivity contribution in [2.24, 2.45) is 0 Å². The third-order valence-electron chi connectivity index (χ3n) is 10.6. The Bertz CT molecular complexity index is 3140. The van der Waals surface area contributed by atoms with E-state index in [0.717, 1.165) is 33.6 Å². The minimum atomic E-state index is 0.633. The highest BCUT2D eigenvalue weighted by Gasteiger charge is 2.19. The van der Waals surface area contributed by atoms with Crippen LogP contribution in [-0.2, 0) is 0 Å². The van der Waals surface area contributed by atoms with E-state index in [2.05, 4.69) is 137 Å². The molecule has 0 radical (unpaired) electrons. The van der Waals surface area contributed by atoms with Gasteiger partial charge in [0.25, 0.3) is 0 Å². The average Bonchev–Trinajstić information content (AvgIpc) is 3.85. The molecule has 5 heteroatoms. The summed E-state index contributed by atoms with van der Waals surface area (Å²) in [7, 11) is 0. The van der Waals surface area contributed by atoms with Gasteiger partial charge in [0.2, 0.25) is 0 Å². The molecule has 0 spiro atoms. The van der Waals surface area contributed by atoms with E-state index < -0.39 is 0 Å². The van der Waals surface area contributed by atoms with Crippen molar-refractivity contribution in [3.8, 4) is 45.5 Å². The van der Waals surface area contributed by atoms with Gasteiger partial charge in [-0.2, -0.15) is 0 Å². The van der Waals surface area contributed by atoms with E-state index in [1.54, 1.807) is 0 Å². The molecular formula is C49H31N5. The molecule has 0 saturated carbocycles. The summed E-state index contributed by atoms with van der Waals surface area (Å²) in [6.45, 7) is 0. The third-order valence-corrected chi connectivity index (χ3v) is 10.6. The van der Waals surface area contributed by atoms with Crippen LogP contribution in [0.15, 0.2) is 188 Å². The monoisotopic (exact) mass is 689 g/mol. The molecule has 0 aliphatic carbocycles. The molecule has 3 aromatic heterocycles. The maximum Gasteiger partial charge on any atom is 0.164 e. The molecule has 252 valence electrons. The highest BCUT2D eigenvalue weighted by atomic mass is 15.0. The maximum atomic E-state index is 5.02. The van der Waals surface area contributed by atoms with Crippen molar-refractivity contribution in [3.05, 3.63) is 188 Å². The first kappa shape index (κ1) is 30.3. The summed E-state index contributed by atoms with van der Waals surface area (Å²) in [6.07, 6.45) is 2.17. The number of hydrogen-bond acceptors (Lipinski definition) is 3. The van der Waals surface area contributed by atoms with E-state index in [9.17, 15) is 0 Å². The van der Waals surface area contributed by atoms with Crippen molar-refractivity contribution in [3.63, 3.8) is 0 Å². The lowest BCUT2D eigenvalue weighted by Gasteiger charge is -2.12. The number of aromatic nitrogens is 5. The van der Waals surface area contributed by atoms with E-state index in [0.29, 0.717) is 17.5 Å². The van der Waals surface area contributed by atoms with Crippen LogP contribution in [0.4, 0.5) is 0 Å². The SMILES string of the molecule is c1ccc(-c2nc(-c3ccccc3)nc(-c3cccc(-n4ccc5ccc6c(ccc7c6c6c8ccccc8ccc6n7-c6ccccc6)c54)c3)n2)cc1. The van der Waals surface area contributed by atoms with Gasteiger partial charge in [0.05, 0.1) is 16.6 Å². The fraction of sp³-hybridized carbons (Fsp3) is 0. The van der Waals surface area contributed by atoms with Crippen LogP contribution in [0.25, 0.3) is 99.8 Å². The topological polar surface area (TPSA) is 48.5 Å². The average molecular weight is 690 g/mol. The van der Waals surface area contributed by atoms with E-state index >= 15 is 0 Å². The number of hydrogen-bond donors (Lipinski definition) is 0. The van der Waals surface area contributed by atoms with Crippen LogP contribution in [0.2, 0.25) is 0 Å². The van der Waals surface area contributed by atoms with Crippen LogP contribution in [0.5, 0.6) is 0 Å². The van der Waals surface area contributed by atoms with Crippen molar-refractivity contribution in [2.75, 3.05) is 0 Å². The third kappa shape index (κ3) is 4.76. The first-order chi connectivity index (χ1) is 26.8. The predicted octanol–water partition coefficient (Wildman–Crippen LogP) is 12.2. The highest BCUT2D eigenvalue weighted by molar-refractivity contribution is 6.30. The first-order valence-electron chi connectivity index (χ1n) is 18.2. The fourth-order valence-corrected chi connectivity index (χ4v) is 8.12. The van der Waals surface area contributed by atoms with Gasteiger partial charge in [-0.1, -0.05) is 140 Å². The van der Waals surface area contributed by atoms with Gasteiger partial charge in [0, 0.05) is 55.8 Å². The molecule has 11 aromatic rings. The van der Waals surface area contributed by atoms with Crippen molar-refractivity contribution in [1.29, 1.82) is 0 Å². The molecule has 0 amide bonds. The minimum Gasteiger partial charge on any atom is -0.316 e. The predicted molar refractivity (Wildman–Crippen MR) is 222 cm³/mol. The second kappa shape index (κ2) is 12.1. The summed E-state index contributed by atoms with van der Waals surface area (Å²) in [5, 5.41) is 8.64. The Kier molecular flexibility index (Phi) is 6.79. The number of fused-ring (bicyclic) bond motifs is 9. The summed E-state index contributed by atoms with van der Waals surface area (Å²) in [6, 6.07) is 64.0. The summed E-state index contributed by atoms with van der Waals surface area (Å²) >= 11 is 0. The molecular weight excluding hydrogens is 659 g/mol. The quantitative estimate of drug-likeness (QED) is 0.181. The smallest absolute Gasteiger partial charge is 0.164 e. The van der Waals surface area contributed by atoms with Gasteiger partial charge in [-0.25, -0.2) is 15.0 Å². The van der Waals surface area contributed by atoms with Crippen molar-refractivity contribution in [1.82, 2.24) is 24.1 Å². The Morgan fingerprint density at radius 1 is 0.352 bits per heavy atom. The van der Waals surface area contributed by atoms with Gasteiger partial charge in [0.1, 0.15) is 0 Å². The van der Waals surface area contributed by atoms with Crippen LogP contribution in [0.3, 0.4) is 0 Å². The molecule has 8 aromatic carbocycles. The standard InChI is InChI=1S/C49H31N5/c1-4-14-34(15-5-1)47-50-48(35-16-6-2-7-17-35)52-49(51-47)36-18-12-21-38(31-36)53-30-29-33-23-25-40-41(46(33)53)26-28-43-45(40)44-39-22-11-10-13-32(39)24-27-42(44)54(43)37-19-8-3-9-20-37/h1-31H. The highest BCUT2D eigenvalue weighted by Crippen LogP contribution is 2.42. The van der Waals surface area contributed by atoms with Crippen LogP contribution in [0, 0.1) is 0 Å². The Hall–Kier alpha value is -7.37. The molecule has 54 heavy (non-hydrogen) atoms. The van der Waals surface area contributed by atoms with E-state index in [-0.39, 0.29) is 0 Å². The van der Waals surface area contributed by atoms with Crippen LogP contribution in [-0.4, -0.2) is 24.1 Å². The number of benzene rings is 8. The zero-order valence-electron chi connectivity index (χ0n) is 29.1. The fourth-order valence-electron chi connectivity index (χ4n) is 8.12. The molecule has 0 atom stereocenters. The molecule has 0 N–H and O–H groups in total. The Balaban J connectivity index is 1.14. The van der Waals surface area contributed by atoms with E-state index in [4.69, 9.17) is 15.0 Å². The van der Waals surface area contributed by atoms with Gasteiger partial charge in [-0.05, 0) is 58.6 Å². The van der Waals surface area contributed by atoms with Gasteiger partial charge >= 0.3 is 0 Å². The Morgan fingerprint density at radius 3 is 1.61 bits per heavy atom. The molecule has 11 rings (SSSR count). The minimum absolute atomic E-state index is 0.633. The molecule has 5 nitrogen and oxygen atoms in total. The lowest BCUT2D eigenvalue weighted by Crippen LogP contribution is -2.01. The van der Waals surface area contributed by atoms with Gasteiger partial charge in [-0.15, -0.1) is 0 Å². The Labute approximate surface area is 311 Å². The largest absolute Gasteiger partial charge is 0.316 e. The molecule has 0 aliphatic heterocycles. The van der Waals surface area contributed by atoms with Crippen molar-refractivity contribution >= 4 is 54.3 Å². The molecule has 3 heterocycles. The number of para-hydroxylation sites is 1. The lowest BCUT2D eigenvalue weighted by atomic mass is 9.98. The van der Waals surface area contributed by atoms with Crippen molar-refractivity contribution in [2.45, 2.75) is 0 Å². The van der Waals surface area contributed by atoms with Gasteiger partial charge < -0.3 is 9.13 Å². The van der Waals surface area contributed by atoms with Crippen LogP contribution in [0.1, 0.15) is 0 Å². The van der Waals surface area contributed by atoms with Crippen molar-refractivity contribution < 1.29 is 0 Å². The molecule has 0 aliphatic rings. The molecule has 0 bridgehead atoms. The van der Waals surface area contributed by atoms with E-state index in [1.807, 2.05) is 60.7 Å². The second-order valence-corrected chi connectivity index (χ2v) is 13.7. The van der Waals surface area contributed by atoms with Crippen LogP contribution >= 0.6 is 0 Å². The lowest BCUT2D eigenvalue weighted by molar-refractivity contribution is 1.07. The maximum absolute atomic E-state index is 5.02. The second-order valence-electron chi connectivity index (χ2n) is 13.7. The summed E-state index contributed by atoms with van der Waals surface area (Å²) < 4.78 is 4.71. The molecule has 0 unspecified atom stereocenters. The Morgan fingerprint density at radius 2 is 0.889 bits per heavy atom. The zero-order chi connectivity index (χ0) is 35.6. The summed E-state index contributed by atoms with van der Waals surface area (Å²) in [5.41, 5.74) is 8.57. The molecule has 0 saturated heterocycles. The van der Waals surface area contributed by atoms with E-state index in [1.165, 1.54) is 48.7 Å².